The number of anilines is 1. The van der Waals surface area contributed by atoms with E-state index >= 15 is 0 Å². The first-order valence-corrected chi connectivity index (χ1v) is 10.5. The summed E-state index contributed by atoms with van der Waals surface area (Å²) in [5, 5.41) is 4.30. The largest absolute Gasteiger partial charge is 0.465 e. The highest BCUT2D eigenvalue weighted by atomic mass is 32.2. The Bertz CT molecular complexity index is 1070. The smallest absolute Gasteiger partial charge is 0.349 e. The minimum atomic E-state index is -3.93. The lowest BCUT2D eigenvalue weighted by molar-refractivity contribution is 0.0606. The summed E-state index contributed by atoms with van der Waals surface area (Å²) >= 11 is 0.931. The van der Waals surface area contributed by atoms with E-state index in [0.29, 0.717) is 6.54 Å². The number of hydrogen-bond donors (Lipinski definition) is 0. The first kappa shape index (κ1) is 19.8. The predicted octanol–water partition coefficient (Wildman–Crippen LogP) is 2.56. The number of sulfonamides is 1. The zero-order valence-electron chi connectivity index (χ0n) is 15.1. The fraction of sp³-hybridized carbons (Fsp3) is 0.167. The Morgan fingerprint density at radius 3 is 2.75 bits per heavy atom. The summed E-state index contributed by atoms with van der Waals surface area (Å²) in [5.41, 5.74) is 1.00. The number of ether oxygens (including phenoxy) is 1. The SMILES string of the molecule is C=CCN(c1ncc(C(=O)OC)s1)S(=O)(=O)c1cnn(Cc2ccccc2)c1. The van der Waals surface area contributed by atoms with Crippen molar-refractivity contribution >= 4 is 32.5 Å². The minimum Gasteiger partial charge on any atom is -0.465 e. The molecule has 0 atom stereocenters. The van der Waals surface area contributed by atoms with Gasteiger partial charge in [-0.3, -0.25) is 4.68 Å². The van der Waals surface area contributed by atoms with Crippen LogP contribution in [0.1, 0.15) is 15.2 Å². The van der Waals surface area contributed by atoms with Gasteiger partial charge >= 0.3 is 5.97 Å². The molecule has 0 N–H and O–H groups in total. The third kappa shape index (κ3) is 4.12. The molecule has 0 saturated heterocycles. The van der Waals surface area contributed by atoms with Crippen LogP contribution in [-0.2, 0) is 21.3 Å². The Hall–Kier alpha value is -2.98. The molecule has 146 valence electrons. The second-order valence-electron chi connectivity index (χ2n) is 5.68. The van der Waals surface area contributed by atoms with E-state index < -0.39 is 16.0 Å². The first-order chi connectivity index (χ1) is 13.5. The van der Waals surface area contributed by atoms with E-state index in [1.54, 1.807) is 4.68 Å². The topological polar surface area (TPSA) is 94.4 Å². The number of rotatable bonds is 8. The van der Waals surface area contributed by atoms with Gasteiger partial charge in [-0.1, -0.05) is 47.7 Å². The molecule has 2 heterocycles. The van der Waals surface area contributed by atoms with Gasteiger partial charge in [-0.05, 0) is 5.56 Å². The second kappa shape index (κ2) is 8.36. The van der Waals surface area contributed by atoms with Crippen molar-refractivity contribution in [1.29, 1.82) is 0 Å². The summed E-state index contributed by atoms with van der Waals surface area (Å²) in [6.07, 6.45) is 5.50. The molecule has 0 bridgehead atoms. The lowest BCUT2D eigenvalue weighted by atomic mass is 10.2. The number of esters is 1. The molecule has 8 nitrogen and oxygen atoms in total. The molecular weight excluding hydrogens is 400 g/mol. The second-order valence-corrected chi connectivity index (χ2v) is 8.55. The van der Waals surface area contributed by atoms with Crippen molar-refractivity contribution in [2.24, 2.45) is 0 Å². The average Bonchev–Trinajstić information content (AvgIpc) is 3.36. The maximum absolute atomic E-state index is 13.1. The molecule has 0 unspecified atom stereocenters. The van der Waals surface area contributed by atoms with Gasteiger partial charge in [0.15, 0.2) is 5.13 Å². The van der Waals surface area contributed by atoms with E-state index in [-0.39, 0.29) is 21.4 Å². The van der Waals surface area contributed by atoms with Crippen LogP contribution in [0.5, 0.6) is 0 Å². The molecular formula is C18H18N4O4S2. The molecule has 0 fully saturated rings. The van der Waals surface area contributed by atoms with Crippen molar-refractivity contribution in [2.75, 3.05) is 18.0 Å². The third-order valence-electron chi connectivity index (χ3n) is 3.77. The number of aromatic nitrogens is 3. The number of benzene rings is 1. The monoisotopic (exact) mass is 418 g/mol. The summed E-state index contributed by atoms with van der Waals surface area (Å²) in [4.78, 5) is 15.9. The molecule has 1 aromatic carbocycles. The molecule has 0 amide bonds. The Morgan fingerprint density at radius 2 is 2.07 bits per heavy atom. The molecule has 3 rings (SSSR count). The van der Waals surface area contributed by atoms with E-state index in [4.69, 9.17) is 0 Å². The van der Waals surface area contributed by atoms with Crippen LogP contribution >= 0.6 is 11.3 Å². The summed E-state index contributed by atoms with van der Waals surface area (Å²) in [6.45, 7) is 4.06. The normalized spacial score (nSPS) is 11.2. The van der Waals surface area contributed by atoms with Gasteiger partial charge in [0, 0.05) is 6.20 Å². The highest BCUT2D eigenvalue weighted by Gasteiger charge is 2.28. The van der Waals surface area contributed by atoms with Gasteiger partial charge in [0.25, 0.3) is 10.0 Å². The lowest BCUT2D eigenvalue weighted by Gasteiger charge is -2.18. The van der Waals surface area contributed by atoms with Crippen LogP contribution in [0.2, 0.25) is 0 Å². The van der Waals surface area contributed by atoms with Gasteiger partial charge in [-0.25, -0.2) is 22.5 Å². The maximum Gasteiger partial charge on any atom is 0.349 e. The van der Waals surface area contributed by atoms with E-state index in [1.165, 1.54) is 31.8 Å². The van der Waals surface area contributed by atoms with Gasteiger partial charge in [0.05, 0.1) is 32.6 Å². The zero-order valence-corrected chi connectivity index (χ0v) is 16.7. The van der Waals surface area contributed by atoms with Gasteiger partial charge in [0.2, 0.25) is 0 Å². The van der Waals surface area contributed by atoms with Crippen LogP contribution in [0.15, 0.2) is 66.5 Å². The molecule has 3 aromatic rings. The summed E-state index contributed by atoms with van der Waals surface area (Å²) < 4.78 is 33.5. The number of nitrogens with zero attached hydrogens (tertiary/aromatic N) is 4. The zero-order chi connectivity index (χ0) is 20.1. The van der Waals surface area contributed by atoms with Gasteiger partial charge in [-0.15, -0.1) is 6.58 Å². The van der Waals surface area contributed by atoms with Crippen molar-refractivity contribution in [3.8, 4) is 0 Å². The fourth-order valence-electron chi connectivity index (χ4n) is 2.43. The Labute approximate surface area is 166 Å². The Morgan fingerprint density at radius 1 is 1.32 bits per heavy atom. The average molecular weight is 419 g/mol. The molecule has 0 saturated carbocycles. The first-order valence-electron chi connectivity index (χ1n) is 8.20. The Balaban J connectivity index is 1.89. The van der Waals surface area contributed by atoms with Crippen LogP contribution in [0.4, 0.5) is 5.13 Å². The quantitative estimate of drug-likeness (QED) is 0.412. The van der Waals surface area contributed by atoms with Crippen molar-refractivity contribution < 1.29 is 17.9 Å². The van der Waals surface area contributed by atoms with Gasteiger partial charge in [0.1, 0.15) is 9.77 Å². The summed E-state index contributed by atoms with van der Waals surface area (Å²) in [7, 11) is -2.68. The standard InChI is InChI=1S/C18H18N4O4S2/c1-3-9-22(18-19-11-16(27-18)17(23)26-2)28(24,25)15-10-20-21(13-15)12-14-7-5-4-6-8-14/h3-8,10-11,13H,1,9,12H2,2H3. The number of carbonyl (C=O) groups excluding carboxylic acids is 1. The summed E-state index contributed by atoms with van der Waals surface area (Å²) in [5.74, 6) is -0.574. The van der Waals surface area contributed by atoms with Crippen LogP contribution in [0, 0.1) is 0 Å². The molecule has 0 aliphatic carbocycles. The lowest BCUT2D eigenvalue weighted by Crippen LogP contribution is -2.30. The number of hydrogen-bond acceptors (Lipinski definition) is 7. The van der Waals surface area contributed by atoms with Crippen molar-refractivity contribution in [1.82, 2.24) is 14.8 Å². The third-order valence-corrected chi connectivity index (χ3v) is 6.60. The maximum atomic E-state index is 13.1. The predicted molar refractivity (Wildman–Crippen MR) is 106 cm³/mol. The van der Waals surface area contributed by atoms with E-state index in [9.17, 15) is 13.2 Å². The fourth-order valence-corrected chi connectivity index (χ4v) is 4.83. The van der Waals surface area contributed by atoms with Crippen molar-refractivity contribution in [3.63, 3.8) is 0 Å². The van der Waals surface area contributed by atoms with Crippen molar-refractivity contribution in [3.05, 3.63) is 72.0 Å². The van der Waals surface area contributed by atoms with Crippen LogP contribution in [0.3, 0.4) is 0 Å². The van der Waals surface area contributed by atoms with E-state index in [0.717, 1.165) is 21.2 Å². The Kier molecular flexibility index (Phi) is 5.90. The molecule has 0 radical (unpaired) electrons. The van der Waals surface area contributed by atoms with Crippen molar-refractivity contribution in [2.45, 2.75) is 11.4 Å². The molecule has 10 heteroatoms. The molecule has 0 aliphatic rings. The molecule has 2 aromatic heterocycles. The molecule has 0 aliphatic heterocycles. The number of methoxy groups -OCH3 is 1. The van der Waals surface area contributed by atoms with Crippen LogP contribution < -0.4 is 4.31 Å². The minimum absolute atomic E-state index is 0.000322. The van der Waals surface area contributed by atoms with Gasteiger partial charge < -0.3 is 4.74 Å². The number of thiazole rings is 1. The van der Waals surface area contributed by atoms with E-state index in [1.807, 2.05) is 30.3 Å². The highest BCUT2D eigenvalue weighted by Crippen LogP contribution is 2.28. The molecule has 0 spiro atoms. The molecule has 28 heavy (non-hydrogen) atoms. The van der Waals surface area contributed by atoms with E-state index in [2.05, 4.69) is 21.4 Å². The highest BCUT2D eigenvalue weighted by molar-refractivity contribution is 7.93. The van der Waals surface area contributed by atoms with Gasteiger partial charge in [-0.2, -0.15) is 5.10 Å². The summed E-state index contributed by atoms with van der Waals surface area (Å²) in [6, 6.07) is 9.59. The van der Waals surface area contributed by atoms with Crippen LogP contribution in [0.25, 0.3) is 0 Å². The number of carbonyl (C=O) groups is 1. The van der Waals surface area contributed by atoms with Crippen LogP contribution in [-0.4, -0.2) is 42.8 Å².